The highest BCUT2D eigenvalue weighted by atomic mass is 15.3. The van der Waals surface area contributed by atoms with E-state index in [-0.39, 0.29) is 0 Å². The van der Waals surface area contributed by atoms with E-state index in [1.54, 1.807) is 6.33 Å². The van der Waals surface area contributed by atoms with Gasteiger partial charge in [-0.2, -0.15) is 0 Å². The third-order valence-electron chi connectivity index (χ3n) is 5.17. The molecule has 3 unspecified atom stereocenters. The SMILES string of the molecule is CC1CN(c2ncnc3nc(N)ccc23)C2CCCCC12. The minimum absolute atomic E-state index is 0.512. The molecule has 1 saturated carbocycles. The van der Waals surface area contributed by atoms with Gasteiger partial charge in [-0.05, 0) is 36.8 Å². The Morgan fingerprint density at radius 1 is 1.19 bits per heavy atom. The number of nitrogens with zero attached hydrogens (tertiary/aromatic N) is 4. The molecule has 2 aromatic rings. The molecule has 0 amide bonds. The maximum atomic E-state index is 5.77. The lowest BCUT2D eigenvalue weighted by molar-refractivity contribution is 0.293. The molecule has 2 fully saturated rings. The third kappa shape index (κ3) is 2.03. The predicted molar refractivity (Wildman–Crippen MR) is 84.0 cm³/mol. The molecule has 0 radical (unpaired) electrons. The first-order valence-corrected chi connectivity index (χ1v) is 7.88. The molecule has 21 heavy (non-hydrogen) atoms. The van der Waals surface area contributed by atoms with Crippen molar-refractivity contribution in [2.24, 2.45) is 11.8 Å². The van der Waals surface area contributed by atoms with Crippen molar-refractivity contribution < 1.29 is 0 Å². The molecule has 4 rings (SSSR count). The van der Waals surface area contributed by atoms with Crippen LogP contribution in [0.5, 0.6) is 0 Å². The van der Waals surface area contributed by atoms with Gasteiger partial charge in [0, 0.05) is 12.6 Å². The Labute approximate surface area is 124 Å². The van der Waals surface area contributed by atoms with E-state index < -0.39 is 0 Å². The zero-order valence-electron chi connectivity index (χ0n) is 12.4. The number of rotatable bonds is 1. The second-order valence-corrected chi connectivity index (χ2v) is 6.45. The van der Waals surface area contributed by atoms with Gasteiger partial charge in [-0.1, -0.05) is 19.8 Å². The highest BCUT2D eigenvalue weighted by Crippen LogP contribution is 2.42. The Balaban J connectivity index is 1.79. The van der Waals surface area contributed by atoms with Crippen molar-refractivity contribution in [3.63, 3.8) is 0 Å². The molecular weight excluding hydrogens is 262 g/mol. The molecular formula is C16H21N5. The van der Waals surface area contributed by atoms with Gasteiger partial charge in [0.15, 0.2) is 5.65 Å². The lowest BCUT2D eigenvalue weighted by atomic mass is 9.80. The molecule has 5 heteroatoms. The standard InChI is InChI=1S/C16H21N5/c1-10-8-21(13-5-3-2-4-11(10)13)16-12-6-7-14(17)20-15(12)18-9-19-16/h6-7,9-11,13H,2-5,8H2,1H3,(H2,17,18,19,20). The monoisotopic (exact) mass is 283 g/mol. The molecule has 3 atom stereocenters. The van der Waals surface area contributed by atoms with Gasteiger partial charge in [-0.25, -0.2) is 15.0 Å². The number of hydrogen-bond donors (Lipinski definition) is 1. The van der Waals surface area contributed by atoms with Crippen LogP contribution in [0.1, 0.15) is 32.6 Å². The number of pyridine rings is 1. The lowest BCUT2D eigenvalue weighted by Gasteiger charge is -2.33. The van der Waals surface area contributed by atoms with Gasteiger partial charge in [0.2, 0.25) is 0 Å². The number of anilines is 2. The smallest absolute Gasteiger partial charge is 0.166 e. The summed E-state index contributed by atoms with van der Waals surface area (Å²) in [6, 6.07) is 4.48. The molecule has 2 aromatic heterocycles. The Morgan fingerprint density at radius 2 is 2.05 bits per heavy atom. The van der Waals surface area contributed by atoms with E-state index in [0.29, 0.717) is 17.5 Å². The second-order valence-electron chi connectivity index (χ2n) is 6.45. The summed E-state index contributed by atoms with van der Waals surface area (Å²) in [6.45, 7) is 3.47. The summed E-state index contributed by atoms with van der Waals surface area (Å²) in [4.78, 5) is 15.7. The zero-order valence-corrected chi connectivity index (χ0v) is 12.4. The summed E-state index contributed by atoms with van der Waals surface area (Å²) in [5, 5.41) is 1.02. The number of fused-ring (bicyclic) bond motifs is 2. The first-order valence-electron chi connectivity index (χ1n) is 7.88. The van der Waals surface area contributed by atoms with Gasteiger partial charge in [0.25, 0.3) is 0 Å². The van der Waals surface area contributed by atoms with E-state index in [2.05, 4.69) is 26.8 Å². The van der Waals surface area contributed by atoms with Gasteiger partial charge in [0.1, 0.15) is 18.0 Å². The van der Waals surface area contributed by atoms with Crippen molar-refractivity contribution in [2.75, 3.05) is 17.2 Å². The van der Waals surface area contributed by atoms with Crippen LogP contribution in [0, 0.1) is 11.8 Å². The highest BCUT2D eigenvalue weighted by Gasteiger charge is 2.41. The normalized spacial score (nSPS) is 28.8. The summed E-state index contributed by atoms with van der Waals surface area (Å²) < 4.78 is 0. The number of hydrogen-bond acceptors (Lipinski definition) is 5. The maximum absolute atomic E-state index is 5.77. The fraction of sp³-hybridized carbons (Fsp3) is 0.562. The summed E-state index contributed by atoms with van der Waals surface area (Å²) in [5.41, 5.74) is 6.47. The first-order chi connectivity index (χ1) is 10.2. The molecule has 2 aliphatic rings. The summed E-state index contributed by atoms with van der Waals surface area (Å²) in [7, 11) is 0. The number of nitrogen functional groups attached to an aromatic ring is 1. The van der Waals surface area contributed by atoms with Crippen molar-refractivity contribution in [1.29, 1.82) is 0 Å². The maximum Gasteiger partial charge on any atom is 0.166 e. The Hall–Kier alpha value is -1.91. The minimum Gasteiger partial charge on any atom is -0.384 e. The van der Waals surface area contributed by atoms with E-state index in [1.165, 1.54) is 25.7 Å². The highest BCUT2D eigenvalue weighted by molar-refractivity contribution is 5.88. The molecule has 1 saturated heterocycles. The predicted octanol–water partition coefficient (Wildman–Crippen LogP) is 2.62. The van der Waals surface area contributed by atoms with Gasteiger partial charge >= 0.3 is 0 Å². The molecule has 1 aliphatic carbocycles. The molecule has 0 bridgehead atoms. The summed E-state index contributed by atoms with van der Waals surface area (Å²) >= 11 is 0. The largest absolute Gasteiger partial charge is 0.384 e. The number of nitrogens with two attached hydrogens (primary N) is 1. The Kier molecular flexibility index (Phi) is 2.94. The van der Waals surface area contributed by atoms with Crippen molar-refractivity contribution in [3.8, 4) is 0 Å². The average Bonchev–Trinajstić information content (AvgIpc) is 2.84. The molecule has 0 aromatic carbocycles. The van der Waals surface area contributed by atoms with E-state index in [4.69, 9.17) is 5.73 Å². The van der Waals surface area contributed by atoms with E-state index >= 15 is 0 Å². The van der Waals surface area contributed by atoms with Gasteiger partial charge in [-0.15, -0.1) is 0 Å². The van der Waals surface area contributed by atoms with Crippen molar-refractivity contribution >= 4 is 22.7 Å². The molecule has 2 N–H and O–H groups in total. The minimum atomic E-state index is 0.512. The topological polar surface area (TPSA) is 67.9 Å². The quantitative estimate of drug-likeness (QED) is 0.871. The van der Waals surface area contributed by atoms with Crippen LogP contribution in [0.15, 0.2) is 18.5 Å². The Bertz CT molecular complexity index is 671. The van der Waals surface area contributed by atoms with Crippen molar-refractivity contribution in [2.45, 2.75) is 38.6 Å². The van der Waals surface area contributed by atoms with E-state index in [9.17, 15) is 0 Å². The lowest BCUT2D eigenvalue weighted by Crippen LogP contribution is -2.35. The van der Waals surface area contributed by atoms with Crippen LogP contribution in [0.25, 0.3) is 11.0 Å². The molecule has 3 heterocycles. The van der Waals surface area contributed by atoms with Crippen LogP contribution in [-0.2, 0) is 0 Å². The summed E-state index contributed by atoms with van der Waals surface area (Å²) in [6.07, 6.45) is 6.96. The zero-order chi connectivity index (χ0) is 14.4. The number of aromatic nitrogens is 3. The van der Waals surface area contributed by atoms with Crippen LogP contribution in [0.3, 0.4) is 0 Å². The average molecular weight is 283 g/mol. The van der Waals surface area contributed by atoms with Crippen LogP contribution < -0.4 is 10.6 Å². The van der Waals surface area contributed by atoms with Crippen molar-refractivity contribution in [1.82, 2.24) is 15.0 Å². The van der Waals surface area contributed by atoms with E-state index in [1.807, 2.05) is 12.1 Å². The fourth-order valence-corrected chi connectivity index (χ4v) is 4.19. The van der Waals surface area contributed by atoms with Crippen molar-refractivity contribution in [3.05, 3.63) is 18.5 Å². The molecule has 110 valence electrons. The van der Waals surface area contributed by atoms with Crippen LogP contribution in [0.2, 0.25) is 0 Å². The van der Waals surface area contributed by atoms with E-state index in [0.717, 1.165) is 29.6 Å². The van der Waals surface area contributed by atoms with Crippen LogP contribution >= 0.6 is 0 Å². The van der Waals surface area contributed by atoms with Crippen LogP contribution in [-0.4, -0.2) is 27.5 Å². The Morgan fingerprint density at radius 3 is 2.95 bits per heavy atom. The first kappa shape index (κ1) is 12.8. The second kappa shape index (κ2) is 4.83. The molecule has 1 aliphatic heterocycles. The molecule has 5 nitrogen and oxygen atoms in total. The third-order valence-corrected chi connectivity index (χ3v) is 5.17. The van der Waals surface area contributed by atoms with Gasteiger partial charge in [-0.3, -0.25) is 0 Å². The fourth-order valence-electron chi connectivity index (χ4n) is 4.19. The van der Waals surface area contributed by atoms with Gasteiger partial charge in [0.05, 0.1) is 5.39 Å². The molecule has 0 spiro atoms. The van der Waals surface area contributed by atoms with Crippen LogP contribution in [0.4, 0.5) is 11.6 Å². The van der Waals surface area contributed by atoms with Gasteiger partial charge < -0.3 is 10.6 Å². The summed E-state index contributed by atoms with van der Waals surface area (Å²) in [5.74, 6) is 3.10.